The summed E-state index contributed by atoms with van der Waals surface area (Å²) in [4.78, 5) is 0. The van der Waals surface area contributed by atoms with E-state index in [1.165, 1.54) is 0 Å². The second-order valence-electron chi connectivity index (χ2n) is 3.86. The number of aromatic nitrogens is 2. The monoisotopic (exact) mass is 312 g/mol. The van der Waals surface area contributed by atoms with Crippen LogP contribution in [0, 0.1) is 6.92 Å². The predicted molar refractivity (Wildman–Crippen MR) is 68.1 cm³/mol. The van der Waals surface area contributed by atoms with Crippen LogP contribution < -0.4 is 4.74 Å². The summed E-state index contributed by atoms with van der Waals surface area (Å²) >= 11 is 3.36. The van der Waals surface area contributed by atoms with Crippen LogP contribution in [0.1, 0.15) is 30.4 Å². The first-order valence-electron chi connectivity index (χ1n) is 5.45. The molecule has 0 spiro atoms. The molecule has 2 aromatic rings. The lowest BCUT2D eigenvalue weighted by Gasteiger charge is -2.12. The number of aryl methyl sites for hydroxylation is 1. The predicted octanol–water partition coefficient (Wildman–Crippen LogP) is 2.77. The van der Waals surface area contributed by atoms with Crippen LogP contribution in [-0.2, 0) is 6.61 Å². The number of aliphatic hydroxyl groups is 1. The Hall–Kier alpha value is -1.40. The average Bonchev–Trinajstić information content (AvgIpc) is 2.72. The molecule has 0 amide bonds. The largest absolute Gasteiger partial charge is 0.483 e. The van der Waals surface area contributed by atoms with E-state index in [9.17, 15) is 5.11 Å². The molecule has 96 valence electrons. The van der Waals surface area contributed by atoms with Crippen molar-refractivity contribution in [3.63, 3.8) is 0 Å². The first-order valence-corrected chi connectivity index (χ1v) is 6.25. The highest BCUT2D eigenvalue weighted by Gasteiger charge is 2.11. The molecule has 1 N–H and O–H groups in total. The quantitative estimate of drug-likeness (QED) is 0.940. The van der Waals surface area contributed by atoms with Gasteiger partial charge in [-0.1, -0.05) is 22.0 Å². The molecule has 0 aliphatic heterocycles. The number of halogens is 1. The zero-order chi connectivity index (χ0) is 13.1. The highest BCUT2D eigenvalue weighted by atomic mass is 79.9. The van der Waals surface area contributed by atoms with Gasteiger partial charge in [0.05, 0.1) is 6.10 Å². The Bertz CT molecular complexity index is 540. The highest BCUT2D eigenvalue weighted by Crippen LogP contribution is 2.29. The van der Waals surface area contributed by atoms with E-state index >= 15 is 0 Å². The molecule has 18 heavy (non-hydrogen) atoms. The zero-order valence-electron chi connectivity index (χ0n) is 10.1. The van der Waals surface area contributed by atoms with Crippen molar-refractivity contribution in [1.29, 1.82) is 0 Å². The van der Waals surface area contributed by atoms with Crippen LogP contribution >= 0.6 is 15.9 Å². The number of rotatable bonds is 4. The van der Waals surface area contributed by atoms with Crippen molar-refractivity contribution in [2.45, 2.75) is 26.6 Å². The van der Waals surface area contributed by atoms with Gasteiger partial charge in [-0.25, -0.2) is 0 Å². The molecule has 0 radical (unpaired) electrons. The van der Waals surface area contributed by atoms with Crippen LogP contribution in [0.25, 0.3) is 0 Å². The summed E-state index contributed by atoms with van der Waals surface area (Å²) in [5.41, 5.74) is 0.717. The Morgan fingerprint density at radius 2 is 2.22 bits per heavy atom. The molecule has 1 aromatic carbocycles. The minimum Gasteiger partial charge on any atom is -0.483 e. The maximum atomic E-state index is 9.65. The highest BCUT2D eigenvalue weighted by molar-refractivity contribution is 9.10. The van der Waals surface area contributed by atoms with E-state index in [4.69, 9.17) is 9.15 Å². The standard InChI is InChI=1S/C12H13BrN2O3/c1-7(16)10-4-3-9(13)5-11(10)17-6-12-15-14-8(2)18-12/h3-5,7,16H,6H2,1-2H3/t7-/m0/s1. The molecule has 0 fully saturated rings. The Balaban J connectivity index is 2.15. The van der Waals surface area contributed by atoms with Crippen LogP contribution in [0.15, 0.2) is 27.1 Å². The van der Waals surface area contributed by atoms with Crippen molar-refractivity contribution in [2.24, 2.45) is 0 Å². The van der Waals surface area contributed by atoms with Gasteiger partial charge in [0.25, 0.3) is 5.89 Å². The number of aliphatic hydroxyl groups excluding tert-OH is 1. The van der Waals surface area contributed by atoms with Gasteiger partial charge in [0.15, 0.2) is 6.61 Å². The third kappa shape index (κ3) is 3.08. The zero-order valence-corrected chi connectivity index (χ0v) is 11.6. The number of hydrogen-bond donors (Lipinski definition) is 1. The van der Waals surface area contributed by atoms with Crippen molar-refractivity contribution < 1.29 is 14.3 Å². The van der Waals surface area contributed by atoms with E-state index in [0.717, 1.165) is 10.0 Å². The van der Waals surface area contributed by atoms with E-state index < -0.39 is 6.10 Å². The van der Waals surface area contributed by atoms with E-state index in [1.54, 1.807) is 19.9 Å². The van der Waals surface area contributed by atoms with Crippen LogP contribution in [-0.4, -0.2) is 15.3 Å². The molecule has 0 unspecified atom stereocenters. The number of nitrogens with zero attached hydrogens (tertiary/aromatic N) is 2. The van der Waals surface area contributed by atoms with Crippen molar-refractivity contribution in [2.75, 3.05) is 0 Å². The lowest BCUT2D eigenvalue weighted by Crippen LogP contribution is -2.01. The van der Waals surface area contributed by atoms with Crippen LogP contribution in [0.5, 0.6) is 5.75 Å². The third-order valence-corrected chi connectivity index (χ3v) is 2.84. The summed E-state index contributed by atoms with van der Waals surface area (Å²) in [7, 11) is 0. The molecule has 0 saturated carbocycles. The topological polar surface area (TPSA) is 68.4 Å². The lowest BCUT2D eigenvalue weighted by molar-refractivity contribution is 0.187. The van der Waals surface area contributed by atoms with Crippen LogP contribution in [0.3, 0.4) is 0 Å². The minimum atomic E-state index is -0.600. The summed E-state index contributed by atoms with van der Waals surface area (Å²) in [6, 6.07) is 5.46. The Labute approximate surface area is 113 Å². The van der Waals surface area contributed by atoms with Gasteiger partial charge in [-0.05, 0) is 19.1 Å². The van der Waals surface area contributed by atoms with Crippen LogP contribution in [0.4, 0.5) is 0 Å². The Morgan fingerprint density at radius 3 is 2.83 bits per heavy atom. The summed E-state index contributed by atoms with van der Waals surface area (Å²) in [5.74, 6) is 1.50. The van der Waals surface area contributed by atoms with Crippen molar-refractivity contribution in [1.82, 2.24) is 10.2 Å². The summed E-state index contributed by atoms with van der Waals surface area (Å²) < 4.78 is 11.7. The second kappa shape index (κ2) is 5.49. The summed E-state index contributed by atoms with van der Waals surface area (Å²) in [6.07, 6.45) is -0.600. The van der Waals surface area contributed by atoms with E-state index in [1.807, 2.05) is 12.1 Å². The number of hydrogen-bond acceptors (Lipinski definition) is 5. The fraction of sp³-hybridized carbons (Fsp3) is 0.333. The van der Waals surface area contributed by atoms with E-state index in [2.05, 4.69) is 26.1 Å². The van der Waals surface area contributed by atoms with Gasteiger partial charge in [-0.2, -0.15) is 0 Å². The maximum Gasteiger partial charge on any atom is 0.253 e. The van der Waals surface area contributed by atoms with E-state index in [0.29, 0.717) is 17.5 Å². The first kappa shape index (κ1) is 13.0. The lowest BCUT2D eigenvalue weighted by atomic mass is 10.1. The molecule has 1 atom stereocenters. The summed E-state index contributed by atoms with van der Waals surface area (Å²) in [5, 5.41) is 17.2. The van der Waals surface area contributed by atoms with Gasteiger partial charge in [-0.15, -0.1) is 10.2 Å². The molecule has 0 saturated heterocycles. The van der Waals surface area contributed by atoms with Gasteiger partial charge in [-0.3, -0.25) is 0 Å². The smallest absolute Gasteiger partial charge is 0.253 e. The maximum absolute atomic E-state index is 9.65. The molecule has 2 rings (SSSR count). The van der Waals surface area contributed by atoms with Crippen molar-refractivity contribution in [3.8, 4) is 5.75 Å². The molecule has 0 aliphatic rings. The van der Waals surface area contributed by atoms with Gasteiger partial charge >= 0.3 is 0 Å². The first-order chi connectivity index (χ1) is 8.56. The normalized spacial score (nSPS) is 12.4. The van der Waals surface area contributed by atoms with E-state index in [-0.39, 0.29) is 6.61 Å². The van der Waals surface area contributed by atoms with Gasteiger partial charge in [0.2, 0.25) is 5.89 Å². The number of ether oxygens (including phenoxy) is 1. The summed E-state index contributed by atoms with van der Waals surface area (Å²) in [6.45, 7) is 3.58. The minimum absolute atomic E-state index is 0.178. The molecule has 1 aromatic heterocycles. The van der Waals surface area contributed by atoms with Crippen molar-refractivity contribution in [3.05, 3.63) is 40.0 Å². The van der Waals surface area contributed by atoms with Crippen molar-refractivity contribution >= 4 is 15.9 Å². The van der Waals surface area contributed by atoms with Gasteiger partial charge in [0, 0.05) is 17.0 Å². The van der Waals surface area contributed by atoms with Crippen LogP contribution in [0.2, 0.25) is 0 Å². The SMILES string of the molecule is Cc1nnc(COc2cc(Br)ccc2[C@H](C)O)o1. The fourth-order valence-electron chi connectivity index (χ4n) is 1.51. The molecule has 0 aliphatic carbocycles. The average molecular weight is 313 g/mol. The molecule has 1 heterocycles. The molecular formula is C12H13BrN2O3. The fourth-order valence-corrected chi connectivity index (χ4v) is 1.85. The Kier molecular flexibility index (Phi) is 3.98. The molecule has 6 heteroatoms. The van der Waals surface area contributed by atoms with Gasteiger partial charge < -0.3 is 14.3 Å². The van der Waals surface area contributed by atoms with Gasteiger partial charge in [0.1, 0.15) is 5.75 Å². The third-order valence-electron chi connectivity index (χ3n) is 2.34. The molecular weight excluding hydrogens is 300 g/mol. The number of benzene rings is 1. The molecule has 0 bridgehead atoms. The Morgan fingerprint density at radius 1 is 1.44 bits per heavy atom. The molecule has 5 nitrogen and oxygen atoms in total. The second-order valence-corrected chi connectivity index (χ2v) is 4.78.